The average Bonchev–Trinajstić information content (AvgIpc) is 2.13. The lowest BCUT2D eigenvalue weighted by Crippen LogP contribution is -2.58. The van der Waals surface area contributed by atoms with Gasteiger partial charge in [-0.25, -0.2) is 0 Å². The van der Waals surface area contributed by atoms with E-state index in [0.717, 1.165) is 13.1 Å². The minimum Gasteiger partial charge on any atom is -0.380 e. The molecule has 0 aromatic rings. The van der Waals surface area contributed by atoms with Gasteiger partial charge in [-0.3, -0.25) is 10.4 Å². The van der Waals surface area contributed by atoms with Gasteiger partial charge >= 0.3 is 0 Å². The minimum atomic E-state index is 0.337. The van der Waals surface area contributed by atoms with E-state index >= 15 is 0 Å². The molecule has 2 unspecified atom stereocenters. The van der Waals surface area contributed by atoms with Gasteiger partial charge in [0.2, 0.25) is 0 Å². The number of hydrogen-bond donors (Lipinski definition) is 2. The minimum absolute atomic E-state index is 0.337. The molecule has 2 atom stereocenters. The number of hydrogen-bond acceptors (Lipinski definition) is 3. The molecular weight excluding hydrogens is 188 g/mol. The number of nitrogens with zero attached hydrogens (tertiary/aromatic N) is 2. The lowest BCUT2D eigenvalue weighted by Gasteiger charge is -2.41. The van der Waals surface area contributed by atoms with Crippen molar-refractivity contribution in [3.8, 4) is 0 Å². The van der Waals surface area contributed by atoms with Gasteiger partial charge in [-0.1, -0.05) is 12.2 Å². The van der Waals surface area contributed by atoms with Crippen LogP contribution in [0.15, 0.2) is 28.9 Å². The number of allylic oxidation sites excluding steroid dienone is 2. The van der Waals surface area contributed by atoms with Crippen molar-refractivity contribution in [2.45, 2.75) is 12.1 Å². The summed E-state index contributed by atoms with van der Waals surface area (Å²) >= 11 is 0. The molecule has 0 amide bonds. The summed E-state index contributed by atoms with van der Waals surface area (Å²) in [4.78, 5) is 6.34. The van der Waals surface area contributed by atoms with E-state index in [1.807, 2.05) is 11.1 Å². The zero-order valence-electron chi connectivity index (χ0n) is 8.43. The molecule has 0 spiro atoms. The normalized spacial score (nSPS) is 32.5. The van der Waals surface area contributed by atoms with E-state index in [0.29, 0.717) is 18.0 Å². The van der Waals surface area contributed by atoms with Crippen LogP contribution >= 0.6 is 0 Å². The number of fused-ring (bicyclic) bond motifs is 1. The number of nitrogens with one attached hydrogen (secondary N) is 2. The summed E-state index contributed by atoms with van der Waals surface area (Å²) in [5.41, 5.74) is 1.24. The third-order valence-electron chi connectivity index (χ3n) is 3.17. The molecule has 0 bridgehead atoms. The Kier molecular flexibility index (Phi) is 1.87. The first-order chi connectivity index (χ1) is 7.36. The summed E-state index contributed by atoms with van der Waals surface area (Å²) in [5.74, 6) is 0.511. The summed E-state index contributed by atoms with van der Waals surface area (Å²) in [6.45, 7) is 1.87. The Bertz CT molecular complexity index is 363. The molecule has 15 heavy (non-hydrogen) atoms. The quantitative estimate of drug-likeness (QED) is 0.514. The first-order valence-corrected chi connectivity index (χ1v) is 5.29. The molecule has 0 aromatic carbocycles. The molecule has 3 rings (SSSR count). The van der Waals surface area contributed by atoms with Crippen LogP contribution in [0.25, 0.3) is 0 Å². The van der Waals surface area contributed by atoms with Crippen molar-refractivity contribution in [3.05, 3.63) is 23.9 Å². The fraction of sp³-hybridized carbons (Fsp3) is 0.455. The molecule has 1 fully saturated rings. The van der Waals surface area contributed by atoms with E-state index in [9.17, 15) is 0 Å². The second kappa shape index (κ2) is 3.22. The molecule has 2 heterocycles. The van der Waals surface area contributed by atoms with Crippen molar-refractivity contribution >= 4 is 12.6 Å². The highest BCUT2D eigenvalue weighted by molar-refractivity contribution is 5.73. The highest BCUT2D eigenvalue weighted by atomic mass is 15.3. The molecule has 3 aliphatic rings. The summed E-state index contributed by atoms with van der Waals surface area (Å²) in [5, 5.41) is 10.6. The fourth-order valence-electron chi connectivity index (χ4n) is 2.18. The Balaban J connectivity index is 1.60. The summed E-state index contributed by atoms with van der Waals surface area (Å²) in [6, 6.07) is 0.824. The van der Waals surface area contributed by atoms with Gasteiger partial charge in [-0.15, -0.1) is 0 Å². The van der Waals surface area contributed by atoms with E-state index in [1.165, 1.54) is 12.0 Å². The van der Waals surface area contributed by atoms with Gasteiger partial charge in [-0.05, 0) is 6.08 Å². The van der Waals surface area contributed by atoms with Crippen LogP contribution in [0.1, 0.15) is 0 Å². The van der Waals surface area contributed by atoms with Crippen LogP contribution in [0.4, 0.5) is 0 Å². The van der Waals surface area contributed by atoms with Gasteiger partial charge in [0.1, 0.15) is 6.04 Å². The molecule has 0 saturated carbocycles. The van der Waals surface area contributed by atoms with E-state index in [1.54, 1.807) is 0 Å². The lowest BCUT2D eigenvalue weighted by molar-refractivity contribution is 0.229. The molecule has 4 nitrogen and oxygen atoms in total. The molecule has 1 saturated heterocycles. The maximum absolute atomic E-state index is 7.08. The van der Waals surface area contributed by atoms with Crippen molar-refractivity contribution in [1.82, 2.24) is 10.2 Å². The molecular formula is C11H14N4. The molecule has 0 aromatic heterocycles. The van der Waals surface area contributed by atoms with Crippen molar-refractivity contribution in [1.29, 1.82) is 5.41 Å². The van der Waals surface area contributed by atoms with Gasteiger partial charge in [0.25, 0.3) is 0 Å². The Morgan fingerprint density at radius 1 is 1.53 bits per heavy atom. The Labute approximate surface area is 88.9 Å². The van der Waals surface area contributed by atoms with E-state index in [4.69, 9.17) is 5.41 Å². The van der Waals surface area contributed by atoms with Crippen LogP contribution in [0.2, 0.25) is 0 Å². The smallest absolute Gasteiger partial charge is 0.100 e. The van der Waals surface area contributed by atoms with E-state index in [2.05, 4.69) is 28.5 Å². The number of likely N-dealkylation sites (tertiary alicyclic amines) is 1. The summed E-state index contributed by atoms with van der Waals surface area (Å²) in [6.07, 6.45) is 9.80. The fourth-order valence-corrected chi connectivity index (χ4v) is 2.18. The average molecular weight is 202 g/mol. The zero-order chi connectivity index (χ0) is 10.3. The van der Waals surface area contributed by atoms with Crippen LogP contribution in [-0.2, 0) is 0 Å². The third kappa shape index (κ3) is 1.37. The molecule has 4 heteroatoms. The Morgan fingerprint density at radius 2 is 2.40 bits per heavy atom. The zero-order valence-corrected chi connectivity index (χ0v) is 8.43. The van der Waals surface area contributed by atoms with Crippen LogP contribution < -0.4 is 5.32 Å². The van der Waals surface area contributed by atoms with E-state index in [-0.39, 0.29) is 0 Å². The van der Waals surface area contributed by atoms with Crippen LogP contribution in [-0.4, -0.2) is 42.6 Å². The van der Waals surface area contributed by atoms with Gasteiger partial charge in [-0.2, -0.15) is 0 Å². The highest BCUT2D eigenvalue weighted by Crippen LogP contribution is 2.26. The topological polar surface area (TPSA) is 51.5 Å². The number of aliphatic imine (C=N–C) groups is 1. The van der Waals surface area contributed by atoms with Gasteiger partial charge in [0.05, 0.1) is 12.4 Å². The second-order valence-electron chi connectivity index (χ2n) is 4.25. The Hall–Kier alpha value is -1.58. The van der Waals surface area contributed by atoms with E-state index < -0.39 is 0 Å². The lowest BCUT2D eigenvalue weighted by atomic mass is 9.88. The standard InChI is InChI=1S/C11H14N4/c12-7-15-5-9(6-15)14-10-3-1-2-8-4-13-11(8)10/h1-4,7-9,11-12,14H,5-6H2. The van der Waals surface area contributed by atoms with Crippen molar-refractivity contribution < 1.29 is 0 Å². The summed E-state index contributed by atoms with van der Waals surface area (Å²) < 4.78 is 0. The molecule has 2 N–H and O–H groups in total. The van der Waals surface area contributed by atoms with Gasteiger partial charge in [0, 0.05) is 30.9 Å². The molecule has 78 valence electrons. The molecule has 0 radical (unpaired) electrons. The van der Waals surface area contributed by atoms with Crippen molar-refractivity contribution in [2.75, 3.05) is 13.1 Å². The monoisotopic (exact) mass is 202 g/mol. The highest BCUT2D eigenvalue weighted by Gasteiger charge is 2.32. The molecule has 1 aliphatic carbocycles. The first-order valence-electron chi connectivity index (χ1n) is 5.29. The van der Waals surface area contributed by atoms with Gasteiger partial charge in [0.15, 0.2) is 0 Å². The first kappa shape index (κ1) is 8.71. The van der Waals surface area contributed by atoms with Crippen molar-refractivity contribution in [3.63, 3.8) is 0 Å². The van der Waals surface area contributed by atoms with Crippen molar-refractivity contribution in [2.24, 2.45) is 10.9 Å². The SMILES string of the molecule is N=CN1CC(NC2=CC=CC3C=NC23)C1. The predicted octanol–water partition coefficient (Wildman–Crippen LogP) is 0.390. The van der Waals surface area contributed by atoms with Crippen LogP contribution in [0, 0.1) is 11.3 Å². The number of rotatable bonds is 3. The predicted molar refractivity (Wildman–Crippen MR) is 60.3 cm³/mol. The second-order valence-corrected chi connectivity index (χ2v) is 4.25. The molecule has 2 aliphatic heterocycles. The van der Waals surface area contributed by atoms with Crippen LogP contribution in [0.5, 0.6) is 0 Å². The maximum atomic E-state index is 7.08. The van der Waals surface area contributed by atoms with Gasteiger partial charge < -0.3 is 10.2 Å². The Morgan fingerprint density at radius 3 is 3.07 bits per heavy atom. The maximum Gasteiger partial charge on any atom is 0.100 e. The largest absolute Gasteiger partial charge is 0.380 e. The third-order valence-corrected chi connectivity index (χ3v) is 3.17. The summed E-state index contributed by atoms with van der Waals surface area (Å²) in [7, 11) is 0. The van der Waals surface area contributed by atoms with Crippen LogP contribution in [0.3, 0.4) is 0 Å².